The summed E-state index contributed by atoms with van der Waals surface area (Å²) in [6.45, 7) is 1.76. The highest BCUT2D eigenvalue weighted by Gasteiger charge is 2.31. The number of amides is 2. The highest BCUT2D eigenvalue weighted by atomic mass is 16.4. The number of anilines is 1. The Morgan fingerprint density at radius 2 is 2.15 bits per heavy atom. The molecule has 1 aliphatic rings. The maximum Gasteiger partial charge on any atom is 0.321 e. The lowest BCUT2D eigenvalue weighted by atomic mass is 9.97. The van der Waals surface area contributed by atoms with Crippen LogP contribution in [0.25, 0.3) is 0 Å². The number of aliphatic carboxylic acids is 1. The number of carboxylic acids is 1. The Morgan fingerprint density at radius 1 is 1.40 bits per heavy atom. The number of nitrogens with zero attached hydrogens (tertiary/aromatic N) is 1. The molecule has 3 N–H and O–H groups in total. The summed E-state index contributed by atoms with van der Waals surface area (Å²) >= 11 is 0. The Bertz CT molecular complexity index is 498. The van der Waals surface area contributed by atoms with Crippen LogP contribution in [0.3, 0.4) is 0 Å². The van der Waals surface area contributed by atoms with Crippen LogP contribution in [0.15, 0.2) is 24.3 Å². The fraction of sp³-hybridized carbons (Fsp3) is 0.429. The standard InChI is InChI=1S/C14H19N3O3/c1-15-7-10-3-2-4-12(5-10)16-14(20)17-8-11(9-17)6-13(18)19/h2-5,11,15H,6-9H2,1H3,(H,16,20)(H,18,19). The lowest BCUT2D eigenvalue weighted by Gasteiger charge is -2.38. The number of carbonyl (C=O) groups is 2. The first-order valence-corrected chi connectivity index (χ1v) is 6.59. The molecule has 0 saturated carbocycles. The molecule has 1 aromatic rings. The molecule has 2 amide bonds. The molecule has 1 aliphatic heterocycles. The molecule has 108 valence electrons. The second kappa shape index (κ2) is 6.38. The first kappa shape index (κ1) is 14.3. The predicted octanol–water partition coefficient (Wildman–Crippen LogP) is 1.34. The van der Waals surface area contributed by atoms with Crippen molar-refractivity contribution < 1.29 is 14.7 Å². The van der Waals surface area contributed by atoms with Crippen molar-refractivity contribution in [2.75, 3.05) is 25.5 Å². The Morgan fingerprint density at radius 3 is 2.80 bits per heavy atom. The number of hydrogen-bond acceptors (Lipinski definition) is 3. The van der Waals surface area contributed by atoms with Crippen molar-refractivity contribution in [3.05, 3.63) is 29.8 Å². The molecule has 20 heavy (non-hydrogen) atoms. The number of hydrogen-bond donors (Lipinski definition) is 3. The van der Waals surface area contributed by atoms with Crippen molar-refractivity contribution in [1.29, 1.82) is 0 Å². The molecule has 2 rings (SSSR count). The van der Waals surface area contributed by atoms with Crippen LogP contribution in [0, 0.1) is 5.92 Å². The van der Waals surface area contributed by atoms with Gasteiger partial charge in [-0.2, -0.15) is 0 Å². The molecule has 0 bridgehead atoms. The molecule has 6 nitrogen and oxygen atoms in total. The van der Waals surface area contributed by atoms with Crippen LogP contribution in [0.1, 0.15) is 12.0 Å². The highest BCUT2D eigenvalue weighted by molar-refractivity contribution is 5.90. The molecule has 1 fully saturated rings. The lowest BCUT2D eigenvalue weighted by molar-refractivity contribution is -0.139. The van der Waals surface area contributed by atoms with Gasteiger partial charge in [0.05, 0.1) is 6.42 Å². The second-order valence-electron chi connectivity index (χ2n) is 5.03. The van der Waals surface area contributed by atoms with Crippen molar-refractivity contribution >= 4 is 17.7 Å². The van der Waals surface area contributed by atoms with E-state index >= 15 is 0 Å². The molecule has 0 spiro atoms. The quantitative estimate of drug-likeness (QED) is 0.758. The van der Waals surface area contributed by atoms with E-state index in [0.717, 1.165) is 17.8 Å². The summed E-state index contributed by atoms with van der Waals surface area (Å²) < 4.78 is 0. The minimum Gasteiger partial charge on any atom is -0.481 e. The van der Waals surface area contributed by atoms with Crippen molar-refractivity contribution in [1.82, 2.24) is 10.2 Å². The van der Waals surface area contributed by atoms with E-state index in [1.165, 1.54) is 0 Å². The van der Waals surface area contributed by atoms with Gasteiger partial charge in [-0.1, -0.05) is 12.1 Å². The second-order valence-corrected chi connectivity index (χ2v) is 5.03. The van der Waals surface area contributed by atoms with Gasteiger partial charge in [0.1, 0.15) is 0 Å². The van der Waals surface area contributed by atoms with Crippen molar-refractivity contribution in [2.45, 2.75) is 13.0 Å². The summed E-state index contributed by atoms with van der Waals surface area (Å²) in [5.74, 6) is -0.733. The van der Waals surface area contributed by atoms with E-state index < -0.39 is 5.97 Å². The number of carboxylic acid groups (broad SMARTS) is 1. The summed E-state index contributed by atoms with van der Waals surface area (Å²) in [6.07, 6.45) is 0.126. The number of nitrogens with one attached hydrogen (secondary N) is 2. The summed E-state index contributed by atoms with van der Waals surface area (Å²) in [6, 6.07) is 7.46. The zero-order chi connectivity index (χ0) is 14.5. The molecule has 1 saturated heterocycles. The van der Waals surface area contributed by atoms with Crippen LogP contribution >= 0.6 is 0 Å². The number of urea groups is 1. The zero-order valence-electron chi connectivity index (χ0n) is 11.4. The molecule has 0 aliphatic carbocycles. The van der Waals surface area contributed by atoms with E-state index in [0.29, 0.717) is 13.1 Å². The molecular formula is C14H19N3O3. The first-order chi connectivity index (χ1) is 9.58. The maximum absolute atomic E-state index is 11.9. The van der Waals surface area contributed by atoms with Gasteiger partial charge in [0.25, 0.3) is 0 Å². The van der Waals surface area contributed by atoms with Crippen LogP contribution in [0.4, 0.5) is 10.5 Å². The topological polar surface area (TPSA) is 81.7 Å². The molecular weight excluding hydrogens is 258 g/mol. The Labute approximate surface area is 117 Å². The normalized spacial score (nSPS) is 14.8. The fourth-order valence-electron chi connectivity index (χ4n) is 2.28. The fourth-order valence-corrected chi connectivity index (χ4v) is 2.28. The van der Waals surface area contributed by atoms with E-state index in [2.05, 4.69) is 10.6 Å². The van der Waals surface area contributed by atoms with E-state index in [1.54, 1.807) is 4.90 Å². The molecule has 1 aromatic carbocycles. The smallest absolute Gasteiger partial charge is 0.321 e. The monoisotopic (exact) mass is 277 g/mol. The van der Waals surface area contributed by atoms with Gasteiger partial charge < -0.3 is 20.6 Å². The number of rotatable bonds is 5. The molecule has 0 radical (unpaired) electrons. The van der Waals surface area contributed by atoms with Crippen LogP contribution < -0.4 is 10.6 Å². The zero-order valence-corrected chi connectivity index (χ0v) is 11.4. The van der Waals surface area contributed by atoms with Crippen LogP contribution in [-0.2, 0) is 11.3 Å². The average Bonchev–Trinajstić information content (AvgIpc) is 2.33. The summed E-state index contributed by atoms with van der Waals surface area (Å²) in [5.41, 5.74) is 1.85. The summed E-state index contributed by atoms with van der Waals surface area (Å²) in [5, 5.41) is 14.5. The minimum absolute atomic E-state index is 0.0777. The largest absolute Gasteiger partial charge is 0.481 e. The Hall–Kier alpha value is -2.08. The molecule has 6 heteroatoms. The van der Waals surface area contributed by atoms with Gasteiger partial charge in [-0.3, -0.25) is 4.79 Å². The highest BCUT2D eigenvalue weighted by Crippen LogP contribution is 2.20. The van der Waals surface area contributed by atoms with Gasteiger partial charge in [-0.15, -0.1) is 0 Å². The first-order valence-electron chi connectivity index (χ1n) is 6.59. The third-order valence-electron chi connectivity index (χ3n) is 3.27. The van der Waals surface area contributed by atoms with Gasteiger partial charge in [0, 0.05) is 31.2 Å². The molecule has 0 aromatic heterocycles. The van der Waals surface area contributed by atoms with Gasteiger partial charge in [0.15, 0.2) is 0 Å². The van der Waals surface area contributed by atoms with Crippen molar-refractivity contribution in [3.63, 3.8) is 0 Å². The van der Waals surface area contributed by atoms with E-state index in [4.69, 9.17) is 5.11 Å². The van der Waals surface area contributed by atoms with E-state index in [-0.39, 0.29) is 18.4 Å². The van der Waals surface area contributed by atoms with E-state index in [1.807, 2.05) is 31.3 Å². The third kappa shape index (κ3) is 3.71. The molecule has 1 heterocycles. The minimum atomic E-state index is -0.810. The van der Waals surface area contributed by atoms with Crippen LogP contribution in [-0.4, -0.2) is 42.1 Å². The number of benzene rings is 1. The molecule has 0 atom stereocenters. The average molecular weight is 277 g/mol. The molecule has 0 unspecified atom stereocenters. The van der Waals surface area contributed by atoms with Gasteiger partial charge in [0.2, 0.25) is 0 Å². The number of likely N-dealkylation sites (tertiary alicyclic amines) is 1. The SMILES string of the molecule is CNCc1cccc(NC(=O)N2CC(CC(=O)O)C2)c1. The lowest BCUT2D eigenvalue weighted by Crippen LogP contribution is -2.52. The van der Waals surface area contributed by atoms with Gasteiger partial charge in [-0.05, 0) is 24.7 Å². The summed E-state index contributed by atoms with van der Waals surface area (Å²) in [7, 11) is 1.87. The van der Waals surface area contributed by atoms with Crippen LogP contribution in [0.2, 0.25) is 0 Å². The van der Waals surface area contributed by atoms with Crippen molar-refractivity contribution in [2.24, 2.45) is 5.92 Å². The predicted molar refractivity (Wildman–Crippen MR) is 75.5 cm³/mol. The van der Waals surface area contributed by atoms with E-state index in [9.17, 15) is 9.59 Å². The van der Waals surface area contributed by atoms with Crippen LogP contribution in [0.5, 0.6) is 0 Å². The van der Waals surface area contributed by atoms with Gasteiger partial charge in [-0.25, -0.2) is 4.79 Å². The Kier molecular flexibility index (Phi) is 4.57. The maximum atomic E-state index is 11.9. The number of carbonyl (C=O) groups excluding carboxylic acids is 1. The van der Waals surface area contributed by atoms with Crippen molar-refractivity contribution in [3.8, 4) is 0 Å². The van der Waals surface area contributed by atoms with Gasteiger partial charge >= 0.3 is 12.0 Å². The third-order valence-corrected chi connectivity index (χ3v) is 3.27. The Balaban J connectivity index is 1.83. The summed E-state index contributed by atoms with van der Waals surface area (Å²) in [4.78, 5) is 24.1.